The van der Waals surface area contributed by atoms with Gasteiger partial charge in [0.1, 0.15) is 19.3 Å². The molecule has 0 heterocycles. The number of aliphatic hydroxyl groups is 1. The van der Waals surface area contributed by atoms with Crippen LogP contribution in [0.2, 0.25) is 0 Å². The van der Waals surface area contributed by atoms with E-state index in [2.05, 4.69) is 55.4 Å². The summed E-state index contributed by atoms with van der Waals surface area (Å²) < 4.78 is 68.8. The van der Waals surface area contributed by atoms with Crippen molar-refractivity contribution in [3.63, 3.8) is 0 Å². The number of carbonyl (C=O) groups is 4. The Balaban J connectivity index is 5.22. The summed E-state index contributed by atoms with van der Waals surface area (Å²) in [6.07, 6.45) is 62.6. The van der Waals surface area contributed by atoms with E-state index < -0.39 is 97.5 Å². The maximum atomic E-state index is 13.1. The SMILES string of the molecule is CCC(C)CCCCCCCCCCCCCCCCC(=O)OC[C@H](COP(=O)(O)OCC(O)COP(=O)(O)OC[C@@H](COC(=O)CCCCCCCCC(C)C)OC(=O)CCCCCCCCCCCCCCCCCCC(C)C)OC(=O)CCCCCCCCCCCCCCCCCC(C)C. The molecule has 3 N–H and O–H groups in total. The molecule has 0 aliphatic rings. The number of hydrogen-bond acceptors (Lipinski definition) is 15. The van der Waals surface area contributed by atoms with E-state index in [1.807, 2.05) is 0 Å². The van der Waals surface area contributed by atoms with Crippen molar-refractivity contribution in [2.75, 3.05) is 39.6 Å². The van der Waals surface area contributed by atoms with E-state index in [0.29, 0.717) is 31.6 Å². The first-order chi connectivity index (χ1) is 50.1. The molecule has 0 rings (SSSR count). The zero-order chi connectivity index (χ0) is 76.7. The van der Waals surface area contributed by atoms with Crippen LogP contribution in [0, 0.1) is 23.7 Å². The van der Waals surface area contributed by atoms with Gasteiger partial charge in [-0.25, -0.2) is 9.13 Å². The van der Waals surface area contributed by atoms with Gasteiger partial charge in [-0.1, -0.05) is 389 Å². The standard InChI is InChI=1S/C85H166O17P2/c1-9-78(8)64-56-48-39-33-27-21-17-18-22-28-34-40-49-57-65-82(87)95-71-80(101-84(89)67-60-52-42-36-30-24-16-12-14-20-26-32-38-46-54-62-76(4)5)73-99-103(91,92)97-69-79(86)70-98-104(93,94)100-74-81(72-96-83(88)66-58-50-44-43-47-55-63-77(6)7)102-85(90)68-59-51-41-35-29-23-15-11-10-13-19-25-31-37-45-53-61-75(2)3/h75-81,86H,9-74H2,1-8H3,(H,91,92)(H,93,94)/t78?,79?,80-,81-/m1/s1. The molecule has 0 saturated heterocycles. The molecular formula is C85H166O17P2. The van der Waals surface area contributed by atoms with Crippen LogP contribution in [0.3, 0.4) is 0 Å². The van der Waals surface area contributed by atoms with Gasteiger partial charge in [0.15, 0.2) is 12.2 Å². The van der Waals surface area contributed by atoms with E-state index >= 15 is 0 Å². The van der Waals surface area contributed by atoms with E-state index in [1.165, 1.54) is 238 Å². The largest absolute Gasteiger partial charge is 0.472 e. The minimum absolute atomic E-state index is 0.107. The average molecular weight is 1520 g/mol. The lowest BCUT2D eigenvalue weighted by molar-refractivity contribution is -0.161. The van der Waals surface area contributed by atoms with E-state index in [9.17, 15) is 43.2 Å². The third-order valence-electron chi connectivity index (χ3n) is 20.2. The van der Waals surface area contributed by atoms with Crippen molar-refractivity contribution in [3.8, 4) is 0 Å². The topological polar surface area (TPSA) is 237 Å². The second kappa shape index (κ2) is 73.8. The van der Waals surface area contributed by atoms with Gasteiger partial charge in [-0.3, -0.25) is 37.3 Å². The highest BCUT2D eigenvalue weighted by molar-refractivity contribution is 7.47. The lowest BCUT2D eigenvalue weighted by Crippen LogP contribution is -2.30. The molecule has 618 valence electrons. The molecule has 6 atom stereocenters. The van der Waals surface area contributed by atoms with Gasteiger partial charge >= 0.3 is 39.5 Å². The number of rotatable bonds is 82. The summed E-state index contributed by atoms with van der Waals surface area (Å²) in [5, 5.41) is 10.7. The van der Waals surface area contributed by atoms with E-state index in [1.54, 1.807) is 0 Å². The zero-order valence-corrected chi connectivity index (χ0v) is 70.5. The summed E-state index contributed by atoms with van der Waals surface area (Å²) in [7, 11) is -9.93. The van der Waals surface area contributed by atoms with E-state index in [4.69, 9.17) is 37.0 Å². The number of phosphoric acid groups is 2. The quantitative estimate of drug-likeness (QED) is 0.0222. The van der Waals surface area contributed by atoms with Crippen LogP contribution in [0.4, 0.5) is 0 Å². The minimum Gasteiger partial charge on any atom is -0.462 e. The van der Waals surface area contributed by atoms with Crippen LogP contribution in [0.25, 0.3) is 0 Å². The average Bonchev–Trinajstić information content (AvgIpc) is 0.904. The molecule has 4 unspecified atom stereocenters. The molecule has 0 aromatic rings. The van der Waals surface area contributed by atoms with Crippen molar-refractivity contribution in [1.82, 2.24) is 0 Å². The fourth-order valence-electron chi connectivity index (χ4n) is 13.1. The Bertz CT molecular complexity index is 2030. The molecular weight excluding hydrogens is 1350 g/mol. The molecule has 0 amide bonds. The fraction of sp³-hybridized carbons (Fsp3) is 0.953. The molecule has 0 fully saturated rings. The van der Waals surface area contributed by atoms with Crippen LogP contribution in [0.1, 0.15) is 441 Å². The van der Waals surface area contributed by atoms with Gasteiger partial charge < -0.3 is 33.8 Å². The van der Waals surface area contributed by atoms with Crippen molar-refractivity contribution in [3.05, 3.63) is 0 Å². The Morgan fingerprint density at radius 3 is 0.683 bits per heavy atom. The molecule has 104 heavy (non-hydrogen) atoms. The number of carbonyl (C=O) groups excluding carboxylic acids is 4. The lowest BCUT2D eigenvalue weighted by Gasteiger charge is -2.21. The smallest absolute Gasteiger partial charge is 0.462 e. The highest BCUT2D eigenvalue weighted by atomic mass is 31.2. The predicted molar refractivity (Wildman–Crippen MR) is 428 cm³/mol. The summed E-state index contributed by atoms with van der Waals surface area (Å²) >= 11 is 0. The molecule has 0 aromatic heterocycles. The van der Waals surface area contributed by atoms with Crippen LogP contribution in [-0.4, -0.2) is 96.7 Å². The molecule has 17 nitrogen and oxygen atoms in total. The molecule has 0 bridgehead atoms. The normalized spacial score (nSPS) is 14.2. The first-order valence-electron chi connectivity index (χ1n) is 43.7. The molecule has 19 heteroatoms. The molecule has 0 aromatic carbocycles. The van der Waals surface area contributed by atoms with E-state index in [-0.39, 0.29) is 25.7 Å². The third-order valence-corrected chi connectivity index (χ3v) is 22.1. The maximum Gasteiger partial charge on any atom is 0.472 e. The van der Waals surface area contributed by atoms with Gasteiger partial charge in [-0.2, -0.15) is 0 Å². The molecule has 0 saturated carbocycles. The molecule has 0 aliphatic carbocycles. The Labute approximate surface area is 638 Å². The van der Waals surface area contributed by atoms with Gasteiger partial charge in [0.2, 0.25) is 0 Å². The van der Waals surface area contributed by atoms with Gasteiger partial charge in [0, 0.05) is 25.7 Å². The van der Waals surface area contributed by atoms with Crippen LogP contribution >= 0.6 is 15.6 Å². The number of phosphoric ester groups is 2. The first-order valence-corrected chi connectivity index (χ1v) is 46.7. The number of hydrogen-bond donors (Lipinski definition) is 3. The van der Waals surface area contributed by atoms with Gasteiger partial charge in [-0.05, 0) is 49.4 Å². The monoisotopic (exact) mass is 1520 g/mol. The summed E-state index contributed by atoms with van der Waals surface area (Å²) in [6, 6.07) is 0. The van der Waals surface area contributed by atoms with Gasteiger partial charge in [0.25, 0.3) is 0 Å². The summed E-state index contributed by atoms with van der Waals surface area (Å²) in [5.41, 5.74) is 0. The van der Waals surface area contributed by atoms with Crippen LogP contribution < -0.4 is 0 Å². The Hall–Kier alpha value is -1.94. The Morgan fingerprint density at radius 1 is 0.269 bits per heavy atom. The van der Waals surface area contributed by atoms with Crippen molar-refractivity contribution in [2.45, 2.75) is 459 Å². The van der Waals surface area contributed by atoms with Crippen molar-refractivity contribution in [1.29, 1.82) is 0 Å². The molecule has 0 radical (unpaired) electrons. The van der Waals surface area contributed by atoms with Gasteiger partial charge in [0.05, 0.1) is 26.4 Å². The van der Waals surface area contributed by atoms with Crippen molar-refractivity contribution >= 4 is 39.5 Å². The summed E-state index contributed by atoms with van der Waals surface area (Å²) in [6.45, 7) is 14.3. The highest BCUT2D eigenvalue weighted by Gasteiger charge is 2.30. The first kappa shape index (κ1) is 102. The Kier molecular flexibility index (Phi) is 72.5. The Morgan fingerprint density at radius 2 is 0.462 bits per heavy atom. The summed E-state index contributed by atoms with van der Waals surface area (Å²) in [4.78, 5) is 73.1. The van der Waals surface area contributed by atoms with Gasteiger partial charge in [-0.15, -0.1) is 0 Å². The third kappa shape index (κ3) is 76.8. The number of esters is 4. The zero-order valence-electron chi connectivity index (χ0n) is 68.7. The van der Waals surface area contributed by atoms with Crippen molar-refractivity contribution in [2.24, 2.45) is 23.7 Å². The summed E-state index contributed by atoms with van der Waals surface area (Å²) in [5.74, 6) is 1.03. The second-order valence-electron chi connectivity index (χ2n) is 32.2. The number of ether oxygens (including phenoxy) is 4. The van der Waals surface area contributed by atoms with Crippen molar-refractivity contribution < 1.29 is 80.2 Å². The van der Waals surface area contributed by atoms with Crippen LogP contribution in [0.15, 0.2) is 0 Å². The number of unbranched alkanes of at least 4 members (excludes halogenated alkanes) is 47. The maximum absolute atomic E-state index is 13.1. The number of aliphatic hydroxyl groups excluding tert-OH is 1. The van der Waals surface area contributed by atoms with Crippen LogP contribution in [0.5, 0.6) is 0 Å². The predicted octanol–water partition coefficient (Wildman–Crippen LogP) is 25.6. The van der Waals surface area contributed by atoms with Crippen LogP contribution in [-0.2, 0) is 65.4 Å². The molecule has 0 aliphatic heterocycles. The highest BCUT2D eigenvalue weighted by Crippen LogP contribution is 2.45. The minimum atomic E-state index is -4.97. The second-order valence-corrected chi connectivity index (χ2v) is 35.2. The molecule has 0 spiro atoms. The lowest BCUT2D eigenvalue weighted by atomic mass is 9.99. The van der Waals surface area contributed by atoms with E-state index in [0.717, 1.165) is 114 Å². The fourth-order valence-corrected chi connectivity index (χ4v) is 14.7.